The summed E-state index contributed by atoms with van der Waals surface area (Å²) in [6, 6.07) is 9.68. The Balaban J connectivity index is 2.29. The van der Waals surface area contributed by atoms with Gasteiger partial charge in [0.25, 0.3) is 0 Å². The van der Waals surface area contributed by atoms with E-state index in [2.05, 4.69) is 0 Å². The van der Waals surface area contributed by atoms with Gasteiger partial charge >= 0.3 is 0 Å². The van der Waals surface area contributed by atoms with Crippen molar-refractivity contribution in [3.63, 3.8) is 0 Å². The molecule has 4 nitrogen and oxygen atoms in total. The number of likely N-dealkylation sites (N-methyl/N-ethyl adjacent to an activating group) is 1. The number of rotatable bonds is 3. The van der Waals surface area contributed by atoms with E-state index < -0.39 is 0 Å². The fourth-order valence-corrected chi connectivity index (χ4v) is 2.30. The molecule has 1 aromatic rings. The third-order valence-corrected chi connectivity index (χ3v) is 3.24. The second-order valence-corrected chi connectivity index (χ2v) is 4.56. The second kappa shape index (κ2) is 5.21. The molecule has 0 aromatic heterocycles. The number of benzene rings is 1. The van der Waals surface area contributed by atoms with Gasteiger partial charge in [-0.25, -0.2) is 0 Å². The standard InChI is InChI=1S/C14H18N2O2/c1-3-7-12(17)16-10-13(18)15(2)14(16)11-8-5-4-6-9-11/h4-6,8-9,14H,3,7,10H2,1-2H3. The second-order valence-electron chi connectivity index (χ2n) is 4.56. The van der Waals surface area contributed by atoms with E-state index in [1.807, 2.05) is 37.3 Å². The molecule has 2 amide bonds. The first-order valence-corrected chi connectivity index (χ1v) is 6.25. The number of nitrogens with zero attached hydrogens (tertiary/aromatic N) is 2. The first-order valence-electron chi connectivity index (χ1n) is 6.25. The lowest BCUT2D eigenvalue weighted by atomic mass is 10.1. The molecule has 0 aliphatic carbocycles. The highest BCUT2D eigenvalue weighted by Gasteiger charge is 2.38. The Labute approximate surface area is 107 Å². The zero-order valence-electron chi connectivity index (χ0n) is 10.8. The fraction of sp³-hybridized carbons (Fsp3) is 0.429. The first-order chi connectivity index (χ1) is 8.65. The van der Waals surface area contributed by atoms with E-state index in [-0.39, 0.29) is 24.5 Å². The summed E-state index contributed by atoms with van der Waals surface area (Å²) < 4.78 is 0. The molecule has 0 N–H and O–H groups in total. The summed E-state index contributed by atoms with van der Waals surface area (Å²) in [5, 5.41) is 0. The normalized spacial score (nSPS) is 19.4. The third kappa shape index (κ3) is 2.23. The molecule has 18 heavy (non-hydrogen) atoms. The van der Waals surface area contributed by atoms with Crippen LogP contribution in [-0.2, 0) is 9.59 Å². The minimum atomic E-state index is -0.252. The molecule has 0 spiro atoms. The predicted octanol–water partition coefficient (Wildman–Crippen LogP) is 1.79. The molecular formula is C14H18N2O2. The van der Waals surface area contributed by atoms with E-state index in [4.69, 9.17) is 0 Å². The molecule has 1 fully saturated rings. The summed E-state index contributed by atoms with van der Waals surface area (Å²) in [6.07, 6.45) is 1.04. The van der Waals surface area contributed by atoms with Crippen molar-refractivity contribution in [2.24, 2.45) is 0 Å². The van der Waals surface area contributed by atoms with E-state index in [0.717, 1.165) is 12.0 Å². The van der Waals surface area contributed by atoms with Crippen LogP contribution in [0.2, 0.25) is 0 Å². The average Bonchev–Trinajstić information content (AvgIpc) is 2.67. The highest BCUT2D eigenvalue weighted by atomic mass is 16.2. The van der Waals surface area contributed by atoms with Crippen molar-refractivity contribution in [1.29, 1.82) is 0 Å². The van der Waals surface area contributed by atoms with Crippen LogP contribution in [0.4, 0.5) is 0 Å². The summed E-state index contributed by atoms with van der Waals surface area (Å²) in [5.74, 6) is 0.0392. The molecule has 1 heterocycles. The molecule has 2 rings (SSSR count). The van der Waals surface area contributed by atoms with E-state index in [1.54, 1.807) is 16.8 Å². The van der Waals surface area contributed by atoms with Gasteiger partial charge in [0.1, 0.15) is 12.7 Å². The average molecular weight is 246 g/mol. The van der Waals surface area contributed by atoms with Crippen LogP contribution in [0.25, 0.3) is 0 Å². The van der Waals surface area contributed by atoms with Gasteiger partial charge in [0.2, 0.25) is 11.8 Å². The topological polar surface area (TPSA) is 40.6 Å². The smallest absolute Gasteiger partial charge is 0.243 e. The number of carbonyl (C=O) groups is 2. The van der Waals surface area contributed by atoms with Crippen molar-refractivity contribution in [1.82, 2.24) is 9.80 Å². The zero-order valence-corrected chi connectivity index (χ0v) is 10.8. The maximum Gasteiger partial charge on any atom is 0.243 e. The summed E-state index contributed by atoms with van der Waals surface area (Å²) >= 11 is 0. The predicted molar refractivity (Wildman–Crippen MR) is 68.6 cm³/mol. The highest BCUT2D eigenvalue weighted by Crippen LogP contribution is 2.29. The Kier molecular flexibility index (Phi) is 3.65. The summed E-state index contributed by atoms with van der Waals surface area (Å²) in [4.78, 5) is 27.2. The van der Waals surface area contributed by atoms with Gasteiger partial charge in [-0.15, -0.1) is 0 Å². The van der Waals surface area contributed by atoms with Gasteiger partial charge in [-0.2, -0.15) is 0 Å². The van der Waals surface area contributed by atoms with Crippen LogP contribution in [0.5, 0.6) is 0 Å². The lowest BCUT2D eigenvalue weighted by molar-refractivity contribution is -0.133. The summed E-state index contributed by atoms with van der Waals surface area (Å²) in [6.45, 7) is 2.16. The molecule has 1 atom stereocenters. The largest absolute Gasteiger partial charge is 0.320 e. The number of carbonyl (C=O) groups excluding carboxylic acids is 2. The van der Waals surface area contributed by atoms with Crippen molar-refractivity contribution in [3.8, 4) is 0 Å². The number of amides is 2. The lowest BCUT2D eigenvalue weighted by Crippen LogP contribution is -2.33. The Morgan fingerprint density at radius 2 is 2.00 bits per heavy atom. The fourth-order valence-electron chi connectivity index (χ4n) is 2.30. The van der Waals surface area contributed by atoms with Crippen LogP contribution < -0.4 is 0 Å². The third-order valence-electron chi connectivity index (χ3n) is 3.24. The van der Waals surface area contributed by atoms with Gasteiger partial charge in [-0.3, -0.25) is 9.59 Å². The molecule has 1 aromatic carbocycles. The van der Waals surface area contributed by atoms with Gasteiger partial charge in [0.05, 0.1) is 0 Å². The Morgan fingerprint density at radius 3 is 2.61 bits per heavy atom. The van der Waals surface area contributed by atoms with Crippen molar-refractivity contribution in [2.75, 3.05) is 13.6 Å². The van der Waals surface area contributed by atoms with Crippen LogP contribution in [0.15, 0.2) is 30.3 Å². The van der Waals surface area contributed by atoms with E-state index in [1.165, 1.54) is 0 Å². The van der Waals surface area contributed by atoms with E-state index >= 15 is 0 Å². The van der Waals surface area contributed by atoms with Gasteiger partial charge < -0.3 is 9.80 Å². The Morgan fingerprint density at radius 1 is 1.33 bits per heavy atom. The zero-order chi connectivity index (χ0) is 13.1. The number of hydrogen-bond acceptors (Lipinski definition) is 2. The van der Waals surface area contributed by atoms with Gasteiger partial charge in [0.15, 0.2) is 0 Å². The van der Waals surface area contributed by atoms with Crippen LogP contribution >= 0.6 is 0 Å². The van der Waals surface area contributed by atoms with E-state index in [0.29, 0.717) is 6.42 Å². The molecule has 1 unspecified atom stereocenters. The Hall–Kier alpha value is -1.84. The van der Waals surface area contributed by atoms with Gasteiger partial charge in [0, 0.05) is 13.5 Å². The summed E-state index contributed by atoms with van der Waals surface area (Å²) in [5.41, 5.74) is 0.982. The van der Waals surface area contributed by atoms with Crippen LogP contribution in [0.3, 0.4) is 0 Å². The molecule has 4 heteroatoms. The molecule has 1 aliphatic heterocycles. The molecule has 96 valence electrons. The minimum Gasteiger partial charge on any atom is -0.320 e. The first kappa shape index (κ1) is 12.6. The minimum absolute atomic E-state index is 0.00620. The Bertz CT molecular complexity index is 444. The molecular weight excluding hydrogens is 228 g/mol. The maximum absolute atomic E-state index is 12.1. The van der Waals surface area contributed by atoms with Crippen LogP contribution in [0.1, 0.15) is 31.5 Å². The lowest BCUT2D eigenvalue weighted by Gasteiger charge is -2.27. The van der Waals surface area contributed by atoms with E-state index in [9.17, 15) is 9.59 Å². The monoisotopic (exact) mass is 246 g/mol. The van der Waals surface area contributed by atoms with Crippen molar-refractivity contribution < 1.29 is 9.59 Å². The molecule has 0 saturated carbocycles. The van der Waals surface area contributed by atoms with Crippen molar-refractivity contribution in [2.45, 2.75) is 25.9 Å². The summed E-state index contributed by atoms with van der Waals surface area (Å²) in [7, 11) is 1.75. The van der Waals surface area contributed by atoms with Gasteiger partial charge in [-0.05, 0) is 12.0 Å². The van der Waals surface area contributed by atoms with Crippen molar-refractivity contribution >= 4 is 11.8 Å². The quantitative estimate of drug-likeness (QED) is 0.815. The van der Waals surface area contributed by atoms with Crippen LogP contribution in [0, 0.1) is 0 Å². The number of hydrogen-bond donors (Lipinski definition) is 0. The molecule has 1 saturated heterocycles. The highest BCUT2D eigenvalue weighted by molar-refractivity contribution is 5.88. The van der Waals surface area contributed by atoms with Crippen LogP contribution in [-0.4, -0.2) is 35.2 Å². The van der Waals surface area contributed by atoms with Gasteiger partial charge in [-0.1, -0.05) is 37.3 Å². The molecule has 1 aliphatic rings. The molecule has 0 bridgehead atoms. The molecule has 0 radical (unpaired) electrons. The maximum atomic E-state index is 12.1. The van der Waals surface area contributed by atoms with Crippen molar-refractivity contribution in [3.05, 3.63) is 35.9 Å². The SMILES string of the molecule is CCCC(=O)N1CC(=O)N(C)C1c1ccccc1.